The molecule has 0 N–H and O–H groups in total. The third-order valence-corrected chi connectivity index (χ3v) is 5.57. The SMILES string of the molecule is C=C(C)CN(CC(=C)C)c1ccc(C(CC)c2ccc(N(CC(=C)C)CC(=C)C)cc2)cc1. The first kappa shape index (κ1) is 26.3. The van der Waals surface area contributed by atoms with Gasteiger partial charge in [-0.15, -0.1) is 0 Å². The van der Waals surface area contributed by atoms with Gasteiger partial charge in [0, 0.05) is 43.5 Å². The van der Waals surface area contributed by atoms with Gasteiger partial charge in [0.25, 0.3) is 0 Å². The molecule has 2 heteroatoms. The molecule has 2 rings (SSSR count). The Hall–Kier alpha value is -3.00. The third kappa shape index (κ3) is 8.13. The van der Waals surface area contributed by atoms with Crippen LogP contribution >= 0.6 is 0 Å². The molecule has 2 aromatic carbocycles. The highest BCUT2D eigenvalue weighted by molar-refractivity contribution is 5.53. The van der Waals surface area contributed by atoms with Gasteiger partial charge in [-0.25, -0.2) is 0 Å². The molecule has 0 unspecified atom stereocenters. The van der Waals surface area contributed by atoms with Crippen LogP contribution in [0.5, 0.6) is 0 Å². The van der Waals surface area contributed by atoms with Crippen LogP contribution in [0.15, 0.2) is 97.1 Å². The third-order valence-electron chi connectivity index (χ3n) is 5.57. The first-order valence-corrected chi connectivity index (χ1v) is 11.9. The quantitative estimate of drug-likeness (QED) is 0.289. The molecule has 0 amide bonds. The molecule has 0 bridgehead atoms. The number of hydrogen-bond donors (Lipinski definition) is 0. The summed E-state index contributed by atoms with van der Waals surface area (Å²) in [6.07, 6.45) is 1.06. The maximum absolute atomic E-state index is 4.09. The van der Waals surface area contributed by atoms with Gasteiger partial charge in [0.05, 0.1) is 0 Å². The lowest BCUT2D eigenvalue weighted by Gasteiger charge is -2.27. The first-order valence-electron chi connectivity index (χ1n) is 11.9. The summed E-state index contributed by atoms with van der Waals surface area (Å²) in [5, 5.41) is 0. The zero-order chi connectivity index (χ0) is 24.5. The molecule has 0 saturated carbocycles. The van der Waals surface area contributed by atoms with Crippen LogP contribution in [-0.4, -0.2) is 26.2 Å². The second-order valence-corrected chi connectivity index (χ2v) is 9.68. The van der Waals surface area contributed by atoms with Crippen LogP contribution in [0, 0.1) is 0 Å². The molecule has 0 aliphatic heterocycles. The predicted octanol–water partition coefficient (Wildman–Crippen LogP) is 8.15. The van der Waals surface area contributed by atoms with Crippen molar-refractivity contribution in [2.45, 2.75) is 47.0 Å². The average molecular weight is 443 g/mol. The Bertz CT molecular complexity index is 851. The lowest BCUT2D eigenvalue weighted by Crippen LogP contribution is -2.26. The van der Waals surface area contributed by atoms with Crippen LogP contribution in [0.3, 0.4) is 0 Å². The van der Waals surface area contributed by atoms with E-state index >= 15 is 0 Å². The summed E-state index contributed by atoms with van der Waals surface area (Å²) in [6, 6.07) is 18.0. The molecule has 2 aromatic rings. The van der Waals surface area contributed by atoms with Crippen LogP contribution in [-0.2, 0) is 0 Å². The molecule has 2 nitrogen and oxygen atoms in total. The van der Waals surface area contributed by atoms with Crippen LogP contribution in [0.1, 0.15) is 58.1 Å². The second kappa shape index (κ2) is 12.3. The fourth-order valence-corrected chi connectivity index (χ4v) is 4.28. The van der Waals surface area contributed by atoms with E-state index in [1.807, 2.05) is 0 Å². The van der Waals surface area contributed by atoms with Crippen molar-refractivity contribution in [1.82, 2.24) is 0 Å². The molecule has 33 heavy (non-hydrogen) atoms. The molecule has 0 heterocycles. The summed E-state index contributed by atoms with van der Waals surface area (Å²) in [4.78, 5) is 4.67. The first-order chi connectivity index (χ1) is 15.6. The van der Waals surface area contributed by atoms with Crippen LogP contribution in [0.2, 0.25) is 0 Å². The summed E-state index contributed by atoms with van der Waals surface area (Å²) in [5.41, 5.74) is 9.73. The zero-order valence-electron chi connectivity index (χ0n) is 21.5. The van der Waals surface area contributed by atoms with Gasteiger partial charge in [0.2, 0.25) is 0 Å². The highest BCUT2D eigenvalue weighted by atomic mass is 15.1. The average Bonchev–Trinajstić information content (AvgIpc) is 2.73. The largest absolute Gasteiger partial charge is 0.364 e. The van der Waals surface area contributed by atoms with Crippen LogP contribution in [0.4, 0.5) is 11.4 Å². The molecule has 0 aliphatic rings. The van der Waals surface area contributed by atoms with Crippen molar-refractivity contribution in [3.05, 3.63) is 108 Å². The van der Waals surface area contributed by atoms with Crippen molar-refractivity contribution in [3.8, 4) is 0 Å². The second-order valence-electron chi connectivity index (χ2n) is 9.68. The Morgan fingerprint density at radius 1 is 0.576 bits per heavy atom. The summed E-state index contributed by atoms with van der Waals surface area (Å²) >= 11 is 0. The smallest absolute Gasteiger partial charge is 0.0387 e. The maximum atomic E-state index is 4.09. The fourth-order valence-electron chi connectivity index (χ4n) is 4.28. The topological polar surface area (TPSA) is 6.48 Å². The molecule has 176 valence electrons. The van der Waals surface area contributed by atoms with Gasteiger partial charge in [-0.2, -0.15) is 0 Å². The summed E-state index contributed by atoms with van der Waals surface area (Å²) < 4.78 is 0. The van der Waals surface area contributed by atoms with E-state index in [0.29, 0.717) is 5.92 Å². The van der Waals surface area contributed by atoms with E-state index in [-0.39, 0.29) is 0 Å². The zero-order valence-corrected chi connectivity index (χ0v) is 21.5. The summed E-state index contributed by atoms with van der Waals surface area (Å²) in [7, 11) is 0. The molecule has 0 aliphatic carbocycles. The van der Waals surface area contributed by atoms with Gasteiger partial charge in [0.15, 0.2) is 0 Å². The highest BCUT2D eigenvalue weighted by Gasteiger charge is 2.15. The minimum Gasteiger partial charge on any atom is -0.364 e. The number of anilines is 2. The Balaban J connectivity index is 2.25. The Morgan fingerprint density at radius 3 is 1.06 bits per heavy atom. The van der Waals surface area contributed by atoms with Crippen LogP contribution < -0.4 is 9.80 Å². The normalized spacial score (nSPS) is 10.7. The Labute approximate surface area is 202 Å². The van der Waals surface area contributed by atoms with Crippen molar-refractivity contribution < 1.29 is 0 Å². The Morgan fingerprint density at radius 2 is 0.848 bits per heavy atom. The van der Waals surface area contributed by atoms with Gasteiger partial charge in [0.1, 0.15) is 0 Å². The van der Waals surface area contributed by atoms with Gasteiger partial charge in [-0.3, -0.25) is 0 Å². The molecular weight excluding hydrogens is 400 g/mol. The van der Waals surface area contributed by atoms with Gasteiger partial charge in [-0.05, 0) is 69.5 Å². The maximum Gasteiger partial charge on any atom is 0.0387 e. The van der Waals surface area contributed by atoms with Gasteiger partial charge < -0.3 is 9.80 Å². The number of rotatable bonds is 13. The number of benzene rings is 2. The summed E-state index contributed by atoms with van der Waals surface area (Å²) in [6.45, 7) is 30.3. The van der Waals surface area contributed by atoms with Crippen LogP contribution in [0.25, 0.3) is 0 Å². The van der Waals surface area contributed by atoms with E-state index in [1.165, 1.54) is 22.5 Å². The van der Waals surface area contributed by atoms with Crippen molar-refractivity contribution in [3.63, 3.8) is 0 Å². The van der Waals surface area contributed by atoms with E-state index < -0.39 is 0 Å². The van der Waals surface area contributed by atoms with E-state index in [2.05, 4.69) is 119 Å². The minimum atomic E-state index is 0.375. The van der Waals surface area contributed by atoms with Crippen molar-refractivity contribution in [1.29, 1.82) is 0 Å². The van der Waals surface area contributed by atoms with Crippen molar-refractivity contribution in [2.24, 2.45) is 0 Å². The highest BCUT2D eigenvalue weighted by Crippen LogP contribution is 2.31. The van der Waals surface area contributed by atoms with E-state index in [4.69, 9.17) is 0 Å². The number of hydrogen-bond acceptors (Lipinski definition) is 2. The van der Waals surface area contributed by atoms with E-state index in [0.717, 1.165) is 54.9 Å². The molecule has 0 radical (unpaired) electrons. The molecule has 0 aromatic heterocycles. The van der Waals surface area contributed by atoms with Gasteiger partial charge >= 0.3 is 0 Å². The molecular formula is C31H42N2. The van der Waals surface area contributed by atoms with Crippen molar-refractivity contribution >= 4 is 11.4 Å². The minimum absolute atomic E-state index is 0.375. The number of nitrogens with zero attached hydrogens (tertiary/aromatic N) is 2. The lowest BCUT2D eigenvalue weighted by atomic mass is 9.89. The van der Waals surface area contributed by atoms with Crippen molar-refractivity contribution in [2.75, 3.05) is 36.0 Å². The Kier molecular flexibility index (Phi) is 9.78. The van der Waals surface area contributed by atoms with E-state index in [1.54, 1.807) is 0 Å². The van der Waals surface area contributed by atoms with E-state index in [9.17, 15) is 0 Å². The molecule has 0 spiro atoms. The molecule has 0 atom stereocenters. The standard InChI is InChI=1S/C31H42N2/c1-10-31(27-11-15-29(16-12-27)32(19-23(2)3)20-24(4)5)28-13-17-30(18-14-28)33(21-25(6)7)22-26(8)9/h11-18,31H,2,4,6,8,10,19-22H2,1,3,5,7,9H3. The monoisotopic (exact) mass is 442 g/mol. The fraction of sp³-hybridized carbons (Fsp3) is 0.355. The molecule has 0 saturated heterocycles. The predicted molar refractivity (Wildman–Crippen MR) is 149 cm³/mol. The molecule has 0 fully saturated rings. The lowest BCUT2D eigenvalue weighted by molar-refractivity contribution is 0.776. The summed E-state index contributed by atoms with van der Waals surface area (Å²) in [5.74, 6) is 0.375. The van der Waals surface area contributed by atoms with Gasteiger partial charge in [-0.1, -0.05) is 79.8 Å².